The molecule has 122 valence electrons. The number of carbonyl (C=O) groups excluding carboxylic acids is 1. The van der Waals surface area contributed by atoms with Gasteiger partial charge in [0.1, 0.15) is 5.69 Å². The Bertz CT molecular complexity index is 577. The van der Waals surface area contributed by atoms with Crippen molar-refractivity contribution in [3.8, 4) is 0 Å². The molecule has 1 aromatic carbocycles. The van der Waals surface area contributed by atoms with Crippen molar-refractivity contribution < 1.29 is 4.79 Å². The molecule has 1 heterocycles. The molecular formula is C15H21Cl2N3OS. The number of thiazole rings is 1. The van der Waals surface area contributed by atoms with Crippen molar-refractivity contribution in [1.82, 2.24) is 9.88 Å². The Morgan fingerprint density at radius 2 is 1.95 bits per heavy atom. The van der Waals surface area contributed by atoms with Crippen molar-refractivity contribution in [2.45, 2.75) is 19.4 Å². The largest absolute Gasteiger partial charge is 0.336 e. The summed E-state index contributed by atoms with van der Waals surface area (Å²) in [7, 11) is 1.76. The van der Waals surface area contributed by atoms with Crippen LogP contribution in [0, 0.1) is 0 Å². The van der Waals surface area contributed by atoms with Gasteiger partial charge >= 0.3 is 0 Å². The lowest BCUT2D eigenvalue weighted by molar-refractivity contribution is 0.0743. The molecular weight excluding hydrogens is 341 g/mol. The van der Waals surface area contributed by atoms with Gasteiger partial charge in [-0.1, -0.05) is 30.3 Å². The summed E-state index contributed by atoms with van der Waals surface area (Å²) < 4.78 is 0. The predicted octanol–water partition coefficient (Wildman–Crippen LogP) is 3.00. The van der Waals surface area contributed by atoms with E-state index in [0.29, 0.717) is 12.2 Å². The number of nitrogens with zero attached hydrogens (tertiary/aromatic N) is 2. The number of amides is 1. The molecule has 0 saturated heterocycles. The number of carbonyl (C=O) groups is 1. The minimum Gasteiger partial charge on any atom is -0.336 e. The number of benzene rings is 1. The molecule has 0 saturated carbocycles. The zero-order valence-corrected chi connectivity index (χ0v) is 15.0. The van der Waals surface area contributed by atoms with Gasteiger partial charge in [-0.05, 0) is 12.5 Å². The van der Waals surface area contributed by atoms with Crippen LogP contribution in [0.15, 0.2) is 35.7 Å². The third kappa shape index (κ3) is 5.25. The molecule has 1 aromatic heterocycles. The topological polar surface area (TPSA) is 59.2 Å². The highest BCUT2D eigenvalue weighted by molar-refractivity contribution is 7.09. The van der Waals surface area contributed by atoms with Crippen LogP contribution in [0.25, 0.3) is 0 Å². The second kappa shape index (κ2) is 9.79. The van der Waals surface area contributed by atoms with Crippen LogP contribution in [0.4, 0.5) is 0 Å². The Balaban J connectivity index is 0.00000220. The van der Waals surface area contributed by atoms with E-state index in [1.807, 2.05) is 30.5 Å². The summed E-state index contributed by atoms with van der Waals surface area (Å²) in [5.74, 6) is -0.0708. The quantitative estimate of drug-likeness (QED) is 0.890. The van der Waals surface area contributed by atoms with Gasteiger partial charge in [0.05, 0.1) is 5.01 Å². The normalized spacial score (nSPS) is 11.0. The smallest absolute Gasteiger partial charge is 0.273 e. The molecule has 0 aliphatic heterocycles. The number of aromatic nitrogens is 1. The number of likely N-dealkylation sites (N-methyl/N-ethyl adjacent to an activating group) is 1. The molecule has 7 heteroatoms. The maximum Gasteiger partial charge on any atom is 0.273 e. The predicted molar refractivity (Wildman–Crippen MR) is 96.5 cm³/mol. The molecule has 0 bridgehead atoms. The summed E-state index contributed by atoms with van der Waals surface area (Å²) in [5, 5.41) is 2.77. The Kier molecular flexibility index (Phi) is 9.28. The molecule has 0 aliphatic rings. The average molecular weight is 362 g/mol. The summed E-state index contributed by atoms with van der Waals surface area (Å²) in [6.07, 6.45) is 0.759. The SMILES string of the molecule is CC(CN)N(C)C(=O)c1csc(Cc2ccccc2)n1.Cl.Cl. The molecule has 0 radical (unpaired) electrons. The standard InChI is InChI=1S/C15H19N3OS.2ClH/c1-11(9-16)18(2)15(19)13-10-20-14(17-13)8-12-6-4-3-5-7-12;;/h3-7,10-11H,8-9,16H2,1-2H3;2*1H. The van der Waals surface area contributed by atoms with Gasteiger partial charge in [-0.2, -0.15) is 0 Å². The van der Waals surface area contributed by atoms with Gasteiger partial charge in [-0.3, -0.25) is 4.79 Å². The first-order valence-electron chi connectivity index (χ1n) is 6.57. The lowest BCUT2D eigenvalue weighted by Gasteiger charge is -2.22. The summed E-state index contributed by atoms with van der Waals surface area (Å²) >= 11 is 1.52. The second-order valence-electron chi connectivity index (χ2n) is 4.79. The number of nitrogens with two attached hydrogens (primary N) is 1. The average Bonchev–Trinajstić information content (AvgIpc) is 2.94. The lowest BCUT2D eigenvalue weighted by Crippen LogP contribution is -2.39. The van der Waals surface area contributed by atoms with E-state index in [1.54, 1.807) is 11.9 Å². The van der Waals surface area contributed by atoms with Crippen molar-refractivity contribution in [2.24, 2.45) is 5.73 Å². The first-order valence-corrected chi connectivity index (χ1v) is 7.45. The molecule has 22 heavy (non-hydrogen) atoms. The van der Waals surface area contributed by atoms with Crippen LogP contribution in [-0.4, -0.2) is 35.4 Å². The Labute approximate surface area is 147 Å². The fraction of sp³-hybridized carbons (Fsp3) is 0.333. The number of hydrogen-bond acceptors (Lipinski definition) is 4. The summed E-state index contributed by atoms with van der Waals surface area (Å²) in [5.41, 5.74) is 7.29. The van der Waals surface area contributed by atoms with Crippen LogP contribution in [0.2, 0.25) is 0 Å². The highest BCUT2D eigenvalue weighted by atomic mass is 35.5. The lowest BCUT2D eigenvalue weighted by atomic mass is 10.2. The third-order valence-electron chi connectivity index (χ3n) is 3.29. The van der Waals surface area contributed by atoms with Crippen molar-refractivity contribution in [3.05, 3.63) is 52.0 Å². The van der Waals surface area contributed by atoms with E-state index >= 15 is 0 Å². The Morgan fingerprint density at radius 1 is 1.32 bits per heavy atom. The number of halogens is 2. The van der Waals surface area contributed by atoms with Crippen LogP contribution in [0.3, 0.4) is 0 Å². The van der Waals surface area contributed by atoms with Gasteiger partial charge in [-0.25, -0.2) is 4.98 Å². The monoisotopic (exact) mass is 361 g/mol. The third-order valence-corrected chi connectivity index (χ3v) is 4.14. The van der Waals surface area contributed by atoms with E-state index in [9.17, 15) is 4.79 Å². The maximum absolute atomic E-state index is 12.2. The molecule has 0 fully saturated rings. The molecule has 2 aromatic rings. The van der Waals surface area contributed by atoms with Crippen molar-refractivity contribution in [2.75, 3.05) is 13.6 Å². The molecule has 4 nitrogen and oxygen atoms in total. The zero-order chi connectivity index (χ0) is 14.5. The van der Waals surface area contributed by atoms with Gasteiger partial charge in [0.25, 0.3) is 5.91 Å². The first-order chi connectivity index (χ1) is 9.61. The fourth-order valence-corrected chi connectivity index (χ4v) is 2.60. The van der Waals surface area contributed by atoms with Crippen LogP contribution in [0.5, 0.6) is 0 Å². The second-order valence-corrected chi connectivity index (χ2v) is 5.73. The molecule has 0 spiro atoms. The molecule has 1 unspecified atom stereocenters. The molecule has 1 amide bonds. The van der Waals surface area contributed by atoms with Gasteiger partial charge in [-0.15, -0.1) is 36.2 Å². The molecule has 2 rings (SSSR count). The van der Waals surface area contributed by atoms with Gasteiger partial charge in [0.15, 0.2) is 0 Å². The maximum atomic E-state index is 12.2. The van der Waals surface area contributed by atoms with Crippen LogP contribution in [-0.2, 0) is 6.42 Å². The van der Waals surface area contributed by atoms with Gasteiger partial charge in [0, 0.05) is 31.4 Å². The van der Waals surface area contributed by atoms with Crippen LogP contribution >= 0.6 is 36.2 Å². The Hall–Kier alpha value is -1.14. The van der Waals surface area contributed by atoms with Gasteiger partial charge in [0.2, 0.25) is 0 Å². The first kappa shape index (κ1) is 20.9. The van der Waals surface area contributed by atoms with Crippen LogP contribution < -0.4 is 5.73 Å². The van der Waals surface area contributed by atoms with E-state index in [2.05, 4.69) is 17.1 Å². The zero-order valence-electron chi connectivity index (χ0n) is 12.6. The Morgan fingerprint density at radius 3 is 2.55 bits per heavy atom. The van der Waals surface area contributed by atoms with E-state index < -0.39 is 0 Å². The highest BCUT2D eigenvalue weighted by Crippen LogP contribution is 2.16. The van der Waals surface area contributed by atoms with E-state index in [-0.39, 0.29) is 36.8 Å². The van der Waals surface area contributed by atoms with E-state index in [0.717, 1.165) is 11.4 Å². The minimum absolute atomic E-state index is 0. The van der Waals surface area contributed by atoms with Crippen molar-refractivity contribution in [1.29, 1.82) is 0 Å². The number of rotatable bonds is 5. The fourth-order valence-electron chi connectivity index (χ4n) is 1.80. The molecule has 0 aliphatic carbocycles. The van der Waals surface area contributed by atoms with E-state index in [4.69, 9.17) is 5.73 Å². The van der Waals surface area contributed by atoms with Crippen LogP contribution in [0.1, 0.15) is 28.0 Å². The minimum atomic E-state index is -0.0708. The summed E-state index contributed by atoms with van der Waals surface area (Å²) in [6, 6.07) is 10.1. The van der Waals surface area contributed by atoms with Crippen molar-refractivity contribution >= 4 is 42.1 Å². The number of hydrogen-bond donors (Lipinski definition) is 1. The summed E-state index contributed by atoms with van der Waals surface area (Å²) in [6.45, 7) is 2.37. The highest BCUT2D eigenvalue weighted by Gasteiger charge is 2.19. The van der Waals surface area contributed by atoms with Crippen molar-refractivity contribution in [3.63, 3.8) is 0 Å². The molecule has 2 N–H and O–H groups in total. The molecule has 1 atom stereocenters. The van der Waals surface area contributed by atoms with E-state index in [1.165, 1.54) is 16.9 Å². The summed E-state index contributed by atoms with van der Waals surface area (Å²) in [4.78, 5) is 18.3. The van der Waals surface area contributed by atoms with Gasteiger partial charge < -0.3 is 10.6 Å².